The second kappa shape index (κ2) is 5.97. The predicted molar refractivity (Wildman–Crippen MR) is 83.8 cm³/mol. The third kappa shape index (κ3) is 2.92. The SMILES string of the molecule is Cc1ccc2cccc(O)c2c1CC[C@@H]1C[C@@H](O)CC(=O)O1. The van der Waals surface area contributed by atoms with Gasteiger partial charge in [-0.25, -0.2) is 0 Å². The molecule has 0 aliphatic carbocycles. The van der Waals surface area contributed by atoms with E-state index in [9.17, 15) is 15.0 Å². The third-order valence-electron chi connectivity index (χ3n) is 4.32. The zero-order chi connectivity index (χ0) is 15.7. The van der Waals surface area contributed by atoms with Crippen molar-refractivity contribution in [2.45, 2.75) is 44.8 Å². The van der Waals surface area contributed by atoms with Crippen molar-refractivity contribution in [1.82, 2.24) is 0 Å². The largest absolute Gasteiger partial charge is 0.507 e. The van der Waals surface area contributed by atoms with E-state index < -0.39 is 6.10 Å². The molecule has 4 nitrogen and oxygen atoms in total. The number of aryl methyl sites for hydroxylation is 2. The summed E-state index contributed by atoms with van der Waals surface area (Å²) in [6, 6.07) is 9.53. The van der Waals surface area contributed by atoms with Crippen LogP contribution in [0.15, 0.2) is 30.3 Å². The Kier molecular flexibility index (Phi) is 4.03. The van der Waals surface area contributed by atoms with Crippen LogP contribution in [0.5, 0.6) is 5.75 Å². The van der Waals surface area contributed by atoms with Crippen LogP contribution in [0.1, 0.15) is 30.4 Å². The van der Waals surface area contributed by atoms with E-state index in [1.54, 1.807) is 6.07 Å². The lowest BCUT2D eigenvalue weighted by Crippen LogP contribution is -2.32. The van der Waals surface area contributed by atoms with Crippen LogP contribution in [0.25, 0.3) is 10.8 Å². The highest BCUT2D eigenvalue weighted by Crippen LogP contribution is 2.32. The summed E-state index contributed by atoms with van der Waals surface area (Å²) in [7, 11) is 0. The van der Waals surface area contributed by atoms with Crippen molar-refractivity contribution in [3.63, 3.8) is 0 Å². The molecule has 2 atom stereocenters. The molecule has 2 aromatic rings. The van der Waals surface area contributed by atoms with Gasteiger partial charge in [0.2, 0.25) is 0 Å². The van der Waals surface area contributed by atoms with E-state index in [1.807, 2.05) is 31.2 Å². The predicted octanol–water partition coefficient (Wildman–Crippen LogP) is 2.85. The summed E-state index contributed by atoms with van der Waals surface area (Å²) < 4.78 is 5.30. The molecular formula is C18H20O4. The Morgan fingerprint density at radius 3 is 2.86 bits per heavy atom. The minimum Gasteiger partial charge on any atom is -0.507 e. The van der Waals surface area contributed by atoms with Gasteiger partial charge in [0, 0.05) is 11.8 Å². The van der Waals surface area contributed by atoms with Crippen LogP contribution < -0.4 is 0 Å². The zero-order valence-electron chi connectivity index (χ0n) is 12.6. The van der Waals surface area contributed by atoms with Gasteiger partial charge in [0.1, 0.15) is 11.9 Å². The van der Waals surface area contributed by atoms with Crippen molar-refractivity contribution in [3.05, 3.63) is 41.5 Å². The summed E-state index contributed by atoms with van der Waals surface area (Å²) >= 11 is 0. The molecule has 2 aromatic carbocycles. The fourth-order valence-electron chi connectivity index (χ4n) is 3.20. The first-order chi connectivity index (χ1) is 10.5. The normalized spacial score (nSPS) is 21.8. The number of benzene rings is 2. The lowest BCUT2D eigenvalue weighted by atomic mass is 9.93. The molecule has 22 heavy (non-hydrogen) atoms. The topological polar surface area (TPSA) is 66.8 Å². The van der Waals surface area contributed by atoms with E-state index in [0.29, 0.717) is 19.3 Å². The molecule has 0 bridgehead atoms. The first kappa shape index (κ1) is 14.9. The summed E-state index contributed by atoms with van der Waals surface area (Å²) in [5, 5.41) is 21.7. The maximum Gasteiger partial charge on any atom is 0.308 e. The van der Waals surface area contributed by atoms with Crippen LogP contribution in [0.2, 0.25) is 0 Å². The zero-order valence-corrected chi connectivity index (χ0v) is 12.6. The molecule has 0 unspecified atom stereocenters. The first-order valence-electron chi connectivity index (χ1n) is 7.62. The summed E-state index contributed by atoms with van der Waals surface area (Å²) in [4.78, 5) is 11.4. The van der Waals surface area contributed by atoms with Gasteiger partial charge in [0.15, 0.2) is 0 Å². The third-order valence-corrected chi connectivity index (χ3v) is 4.32. The van der Waals surface area contributed by atoms with Gasteiger partial charge in [-0.2, -0.15) is 0 Å². The van der Waals surface area contributed by atoms with Gasteiger partial charge >= 0.3 is 5.97 Å². The van der Waals surface area contributed by atoms with Crippen LogP contribution in [-0.2, 0) is 16.0 Å². The van der Waals surface area contributed by atoms with Crippen LogP contribution in [0, 0.1) is 6.92 Å². The van der Waals surface area contributed by atoms with Crippen LogP contribution in [-0.4, -0.2) is 28.4 Å². The number of rotatable bonds is 3. The Balaban J connectivity index is 1.85. The number of aliphatic hydroxyl groups is 1. The van der Waals surface area contributed by atoms with Crippen molar-refractivity contribution in [2.75, 3.05) is 0 Å². The molecule has 1 heterocycles. The monoisotopic (exact) mass is 300 g/mol. The van der Waals surface area contributed by atoms with Crippen molar-refractivity contribution in [1.29, 1.82) is 0 Å². The van der Waals surface area contributed by atoms with Gasteiger partial charge in [-0.05, 0) is 42.3 Å². The van der Waals surface area contributed by atoms with Crippen molar-refractivity contribution in [3.8, 4) is 5.75 Å². The molecular weight excluding hydrogens is 280 g/mol. The molecule has 1 aliphatic rings. The number of phenolic OH excluding ortho intramolecular Hbond substituents is 1. The molecule has 0 radical (unpaired) electrons. The molecule has 0 spiro atoms. The standard InChI is InChI=1S/C18H20O4/c1-11-5-6-12-3-2-4-16(20)18(12)15(11)8-7-14-9-13(19)10-17(21)22-14/h2-6,13-14,19-20H,7-10H2,1H3/t13-,14-/m1/s1. The minimum absolute atomic E-state index is 0.0879. The average molecular weight is 300 g/mol. The van der Waals surface area contributed by atoms with E-state index in [4.69, 9.17) is 4.74 Å². The molecule has 1 aliphatic heterocycles. The minimum atomic E-state index is -0.603. The number of hydrogen-bond acceptors (Lipinski definition) is 4. The number of carbonyl (C=O) groups is 1. The number of cyclic esters (lactones) is 1. The number of ether oxygens (including phenoxy) is 1. The smallest absolute Gasteiger partial charge is 0.308 e. The van der Waals surface area contributed by atoms with E-state index in [1.165, 1.54) is 0 Å². The molecule has 2 N–H and O–H groups in total. The van der Waals surface area contributed by atoms with Gasteiger partial charge in [-0.1, -0.05) is 24.3 Å². The summed E-state index contributed by atoms with van der Waals surface area (Å²) in [5.41, 5.74) is 2.18. The average Bonchev–Trinajstić information content (AvgIpc) is 2.46. The van der Waals surface area contributed by atoms with Crippen molar-refractivity contribution >= 4 is 16.7 Å². The van der Waals surface area contributed by atoms with E-state index >= 15 is 0 Å². The van der Waals surface area contributed by atoms with Gasteiger partial charge in [0.05, 0.1) is 12.5 Å². The van der Waals surface area contributed by atoms with Gasteiger partial charge in [-0.3, -0.25) is 4.79 Å². The lowest BCUT2D eigenvalue weighted by Gasteiger charge is -2.26. The second-order valence-corrected chi connectivity index (χ2v) is 5.98. The summed E-state index contributed by atoms with van der Waals surface area (Å²) in [6.45, 7) is 2.02. The Morgan fingerprint density at radius 2 is 2.09 bits per heavy atom. The quantitative estimate of drug-likeness (QED) is 0.855. The Bertz CT molecular complexity index is 708. The fourth-order valence-corrected chi connectivity index (χ4v) is 3.20. The van der Waals surface area contributed by atoms with E-state index in [2.05, 4.69) is 0 Å². The van der Waals surface area contributed by atoms with Crippen LogP contribution in [0.3, 0.4) is 0 Å². The fraction of sp³-hybridized carbons (Fsp3) is 0.389. The molecule has 3 rings (SSSR count). The Hall–Kier alpha value is -2.07. The number of aromatic hydroxyl groups is 1. The number of carbonyl (C=O) groups excluding carboxylic acids is 1. The first-order valence-corrected chi connectivity index (χ1v) is 7.62. The lowest BCUT2D eigenvalue weighted by molar-refractivity contribution is -0.160. The second-order valence-electron chi connectivity index (χ2n) is 5.98. The summed E-state index contributed by atoms with van der Waals surface area (Å²) in [5.74, 6) is -0.0573. The van der Waals surface area contributed by atoms with Gasteiger partial charge in [0.25, 0.3) is 0 Å². The number of fused-ring (bicyclic) bond motifs is 1. The van der Waals surface area contributed by atoms with Gasteiger partial charge in [-0.15, -0.1) is 0 Å². The van der Waals surface area contributed by atoms with Crippen LogP contribution in [0.4, 0.5) is 0 Å². The van der Waals surface area contributed by atoms with Gasteiger partial charge < -0.3 is 14.9 Å². The Morgan fingerprint density at radius 1 is 1.27 bits per heavy atom. The molecule has 116 valence electrons. The molecule has 4 heteroatoms. The van der Waals surface area contributed by atoms with E-state index in [-0.39, 0.29) is 24.2 Å². The maximum atomic E-state index is 11.4. The molecule has 0 amide bonds. The van der Waals surface area contributed by atoms with Crippen molar-refractivity contribution in [2.24, 2.45) is 0 Å². The number of hydrogen-bond donors (Lipinski definition) is 2. The number of aliphatic hydroxyl groups excluding tert-OH is 1. The summed E-state index contributed by atoms with van der Waals surface area (Å²) in [6.07, 6.45) is 1.07. The highest BCUT2D eigenvalue weighted by Gasteiger charge is 2.27. The van der Waals surface area contributed by atoms with Crippen LogP contribution >= 0.6 is 0 Å². The number of esters is 1. The highest BCUT2D eigenvalue weighted by molar-refractivity contribution is 5.92. The molecule has 1 fully saturated rings. The van der Waals surface area contributed by atoms with Crippen molar-refractivity contribution < 1.29 is 19.7 Å². The Labute approximate surface area is 129 Å². The van der Waals surface area contributed by atoms with E-state index in [0.717, 1.165) is 21.9 Å². The molecule has 0 aromatic heterocycles. The highest BCUT2D eigenvalue weighted by atomic mass is 16.5. The molecule has 0 saturated carbocycles. The number of phenols is 1. The maximum absolute atomic E-state index is 11.4. The molecule has 1 saturated heterocycles.